The van der Waals surface area contributed by atoms with Gasteiger partial charge in [0.1, 0.15) is 5.76 Å². The van der Waals surface area contributed by atoms with Gasteiger partial charge in [0.25, 0.3) is 0 Å². The van der Waals surface area contributed by atoms with Gasteiger partial charge in [-0.1, -0.05) is 11.2 Å². The molecule has 0 saturated carbocycles. The second-order valence-electron chi connectivity index (χ2n) is 6.03. The van der Waals surface area contributed by atoms with Gasteiger partial charge in [-0.25, -0.2) is 0 Å². The van der Waals surface area contributed by atoms with Crippen LogP contribution in [0.2, 0.25) is 0 Å². The number of thiophene rings is 2. The Morgan fingerprint density at radius 2 is 2.21 bits per heavy atom. The van der Waals surface area contributed by atoms with Gasteiger partial charge in [-0.3, -0.25) is 4.79 Å². The maximum atomic E-state index is 13.1. The number of hydrogen-bond acceptors (Lipinski definition) is 5. The largest absolute Gasteiger partial charge is 0.361 e. The molecule has 24 heavy (non-hydrogen) atoms. The summed E-state index contributed by atoms with van der Waals surface area (Å²) < 4.78 is 5.21. The normalized spacial score (nSPS) is 17.1. The first kappa shape index (κ1) is 15.6. The van der Waals surface area contributed by atoms with Gasteiger partial charge in [0.15, 0.2) is 0 Å². The van der Waals surface area contributed by atoms with Crippen molar-refractivity contribution in [1.82, 2.24) is 10.1 Å². The number of fused-ring (bicyclic) bond motifs is 1. The minimum absolute atomic E-state index is 0.0352. The lowest BCUT2D eigenvalue weighted by atomic mass is 9.97. The zero-order chi connectivity index (χ0) is 16.7. The topological polar surface area (TPSA) is 46.3 Å². The third-order valence-electron chi connectivity index (χ3n) is 4.61. The second-order valence-corrected chi connectivity index (χ2v) is 8.01. The first-order valence-corrected chi connectivity index (χ1v) is 9.72. The molecule has 4 rings (SSSR count). The molecule has 3 aromatic rings. The molecule has 0 N–H and O–H groups in total. The highest BCUT2D eigenvalue weighted by Crippen LogP contribution is 2.39. The molecule has 0 aromatic carbocycles. The molecule has 1 aliphatic rings. The molecule has 0 saturated heterocycles. The van der Waals surface area contributed by atoms with Crippen LogP contribution in [-0.4, -0.2) is 22.5 Å². The third kappa shape index (κ3) is 2.59. The molecule has 1 aliphatic heterocycles. The Labute approximate surface area is 148 Å². The highest BCUT2D eigenvalue weighted by molar-refractivity contribution is 7.10. The summed E-state index contributed by atoms with van der Waals surface area (Å²) in [5.74, 6) is 0.876. The van der Waals surface area contributed by atoms with E-state index in [-0.39, 0.29) is 11.9 Å². The number of amides is 1. The van der Waals surface area contributed by atoms with Crippen LogP contribution in [0, 0.1) is 13.8 Å². The van der Waals surface area contributed by atoms with Crippen molar-refractivity contribution in [3.63, 3.8) is 0 Å². The number of nitrogens with zero attached hydrogens (tertiary/aromatic N) is 2. The Morgan fingerprint density at radius 3 is 2.92 bits per heavy atom. The monoisotopic (exact) mass is 358 g/mol. The Kier molecular flexibility index (Phi) is 4.02. The Balaban J connectivity index is 1.67. The highest BCUT2D eigenvalue weighted by Gasteiger charge is 2.33. The lowest BCUT2D eigenvalue weighted by Gasteiger charge is -2.35. The van der Waals surface area contributed by atoms with Crippen LogP contribution in [0.1, 0.15) is 38.4 Å². The Hall–Kier alpha value is -1.92. The minimum atomic E-state index is 0.0352. The van der Waals surface area contributed by atoms with Crippen LogP contribution < -0.4 is 0 Å². The Bertz CT molecular complexity index is 844. The summed E-state index contributed by atoms with van der Waals surface area (Å²) in [5.41, 5.74) is 3.00. The quantitative estimate of drug-likeness (QED) is 0.707. The average Bonchev–Trinajstić information content (AvgIpc) is 3.31. The highest BCUT2D eigenvalue weighted by atomic mass is 32.1. The van der Waals surface area contributed by atoms with Crippen molar-refractivity contribution in [2.45, 2.75) is 32.7 Å². The molecule has 1 amide bonds. The number of aromatic nitrogens is 1. The van der Waals surface area contributed by atoms with Gasteiger partial charge in [-0.2, -0.15) is 0 Å². The number of carbonyl (C=O) groups excluding carboxylic acids is 1. The van der Waals surface area contributed by atoms with E-state index in [2.05, 4.69) is 34.1 Å². The van der Waals surface area contributed by atoms with Crippen molar-refractivity contribution in [2.24, 2.45) is 0 Å². The molecular weight excluding hydrogens is 340 g/mol. The van der Waals surface area contributed by atoms with Crippen molar-refractivity contribution >= 4 is 28.6 Å². The molecule has 0 aliphatic carbocycles. The fraction of sp³-hybridized carbons (Fsp3) is 0.333. The average molecular weight is 358 g/mol. The lowest BCUT2D eigenvalue weighted by molar-refractivity contribution is -0.132. The predicted octanol–water partition coefficient (Wildman–Crippen LogP) is 4.13. The number of hydrogen-bond donors (Lipinski definition) is 0. The van der Waals surface area contributed by atoms with Crippen LogP contribution >= 0.6 is 22.7 Å². The third-order valence-corrected chi connectivity index (χ3v) is 6.53. The summed E-state index contributed by atoms with van der Waals surface area (Å²) in [6.45, 7) is 4.52. The van der Waals surface area contributed by atoms with Crippen LogP contribution in [0.3, 0.4) is 0 Å². The number of aryl methyl sites for hydroxylation is 2. The lowest BCUT2D eigenvalue weighted by Crippen LogP contribution is -2.40. The fourth-order valence-corrected chi connectivity index (χ4v) is 5.10. The maximum Gasteiger partial charge on any atom is 0.228 e. The first-order chi connectivity index (χ1) is 11.6. The van der Waals surface area contributed by atoms with Crippen LogP contribution in [0.5, 0.6) is 0 Å². The molecule has 1 atom stereocenters. The van der Waals surface area contributed by atoms with Gasteiger partial charge >= 0.3 is 0 Å². The maximum absolute atomic E-state index is 13.1. The standard InChI is InChI=1S/C18H18N2O2S2/c1-11-14(12(2)22-19-11)10-17(21)20-7-5-15-13(6-9-24-15)18(20)16-4-3-8-23-16/h3-4,6,8-9,18H,5,7,10H2,1-2H3. The molecule has 4 nitrogen and oxygen atoms in total. The minimum Gasteiger partial charge on any atom is -0.361 e. The van der Waals surface area contributed by atoms with Crippen LogP contribution in [0.4, 0.5) is 0 Å². The molecule has 0 spiro atoms. The molecule has 1 unspecified atom stereocenters. The van der Waals surface area contributed by atoms with E-state index < -0.39 is 0 Å². The summed E-state index contributed by atoms with van der Waals surface area (Å²) in [5, 5.41) is 8.18. The van der Waals surface area contributed by atoms with Crippen molar-refractivity contribution in [3.05, 3.63) is 61.3 Å². The van der Waals surface area contributed by atoms with Gasteiger partial charge in [-0.05, 0) is 48.7 Å². The molecule has 124 valence electrons. The fourth-order valence-electron chi connectivity index (χ4n) is 3.35. The summed E-state index contributed by atoms with van der Waals surface area (Å²) >= 11 is 3.50. The molecule has 0 fully saturated rings. The zero-order valence-electron chi connectivity index (χ0n) is 13.6. The van der Waals surface area contributed by atoms with Crippen LogP contribution in [0.15, 0.2) is 33.5 Å². The van der Waals surface area contributed by atoms with E-state index in [9.17, 15) is 4.79 Å². The smallest absolute Gasteiger partial charge is 0.228 e. The van der Waals surface area contributed by atoms with E-state index in [1.807, 2.05) is 18.7 Å². The van der Waals surface area contributed by atoms with Crippen molar-refractivity contribution in [1.29, 1.82) is 0 Å². The molecular formula is C18H18N2O2S2. The zero-order valence-corrected chi connectivity index (χ0v) is 15.2. The van der Waals surface area contributed by atoms with Gasteiger partial charge in [0.2, 0.25) is 5.91 Å². The van der Waals surface area contributed by atoms with Crippen molar-refractivity contribution in [2.75, 3.05) is 6.54 Å². The van der Waals surface area contributed by atoms with Crippen LogP contribution in [-0.2, 0) is 17.6 Å². The molecule has 6 heteroatoms. The van der Waals surface area contributed by atoms with Crippen LogP contribution in [0.25, 0.3) is 0 Å². The van der Waals surface area contributed by atoms with E-state index in [1.165, 1.54) is 15.3 Å². The SMILES string of the molecule is Cc1noc(C)c1CC(=O)N1CCc2sccc2C1c1cccs1. The summed E-state index contributed by atoms with van der Waals surface area (Å²) in [6.07, 6.45) is 1.28. The predicted molar refractivity (Wildman–Crippen MR) is 95.6 cm³/mol. The summed E-state index contributed by atoms with van der Waals surface area (Å²) in [6, 6.07) is 6.38. The number of rotatable bonds is 3. The van der Waals surface area contributed by atoms with Gasteiger partial charge in [0.05, 0.1) is 18.2 Å². The van der Waals surface area contributed by atoms with E-state index in [0.717, 1.165) is 30.0 Å². The summed E-state index contributed by atoms with van der Waals surface area (Å²) in [7, 11) is 0. The molecule has 3 aromatic heterocycles. The van der Waals surface area contributed by atoms with Gasteiger partial charge in [-0.15, -0.1) is 22.7 Å². The van der Waals surface area contributed by atoms with Crippen molar-refractivity contribution < 1.29 is 9.32 Å². The second kappa shape index (κ2) is 6.18. The molecule has 4 heterocycles. The van der Waals surface area contributed by atoms with E-state index in [4.69, 9.17) is 4.52 Å². The van der Waals surface area contributed by atoms with E-state index in [1.54, 1.807) is 22.7 Å². The molecule has 0 radical (unpaired) electrons. The number of carbonyl (C=O) groups is 1. The van der Waals surface area contributed by atoms with Crippen molar-refractivity contribution in [3.8, 4) is 0 Å². The Morgan fingerprint density at radius 1 is 1.33 bits per heavy atom. The van der Waals surface area contributed by atoms with E-state index >= 15 is 0 Å². The van der Waals surface area contributed by atoms with Gasteiger partial charge in [0, 0.05) is 21.9 Å². The molecule has 0 bridgehead atoms. The first-order valence-electron chi connectivity index (χ1n) is 7.96. The summed E-state index contributed by atoms with van der Waals surface area (Å²) in [4.78, 5) is 17.7. The van der Waals surface area contributed by atoms with Gasteiger partial charge < -0.3 is 9.42 Å². The van der Waals surface area contributed by atoms with E-state index in [0.29, 0.717) is 6.42 Å².